The second-order valence-electron chi connectivity index (χ2n) is 5.37. The number of pyridine rings is 1. The van der Waals surface area contributed by atoms with Gasteiger partial charge in [-0.1, -0.05) is 6.42 Å². The first kappa shape index (κ1) is 14.0. The molecule has 0 radical (unpaired) electrons. The maximum atomic E-state index is 6.40. The highest BCUT2D eigenvalue weighted by molar-refractivity contribution is 9.10. The largest absolute Gasteiger partial charge is 0.326 e. The fraction of sp³-hybridized carbons (Fsp3) is 0.643. The van der Waals surface area contributed by atoms with Crippen LogP contribution in [0.1, 0.15) is 44.7 Å². The lowest BCUT2D eigenvalue weighted by molar-refractivity contribution is 0.144. The summed E-state index contributed by atoms with van der Waals surface area (Å²) < 4.78 is 1.03. The van der Waals surface area contributed by atoms with E-state index in [4.69, 9.17) is 5.73 Å². The van der Waals surface area contributed by atoms with Crippen LogP contribution in [-0.2, 0) is 0 Å². The van der Waals surface area contributed by atoms with E-state index in [1.807, 2.05) is 12.4 Å². The summed E-state index contributed by atoms with van der Waals surface area (Å²) in [5.74, 6) is 0. The highest BCUT2D eigenvalue weighted by Crippen LogP contribution is 2.31. The Kier molecular flexibility index (Phi) is 4.76. The molecule has 0 aromatic carbocycles. The van der Waals surface area contributed by atoms with E-state index >= 15 is 0 Å². The highest BCUT2D eigenvalue weighted by atomic mass is 79.9. The molecule has 1 aromatic rings. The number of hydrogen-bond donors (Lipinski definition) is 1. The molecule has 1 saturated heterocycles. The Morgan fingerprint density at radius 3 is 2.83 bits per heavy atom. The Morgan fingerprint density at radius 2 is 2.17 bits per heavy atom. The third kappa shape index (κ3) is 3.11. The van der Waals surface area contributed by atoms with E-state index < -0.39 is 0 Å². The second kappa shape index (κ2) is 6.13. The van der Waals surface area contributed by atoms with Crippen molar-refractivity contribution in [2.75, 3.05) is 6.54 Å². The molecule has 0 amide bonds. The third-order valence-corrected chi connectivity index (χ3v) is 4.13. The first-order valence-electron chi connectivity index (χ1n) is 6.71. The summed E-state index contributed by atoms with van der Waals surface area (Å²) in [5, 5.41) is 0. The first-order chi connectivity index (χ1) is 8.59. The molecule has 2 N–H and O–H groups in total. The fourth-order valence-electron chi connectivity index (χ4n) is 2.83. The zero-order chi connectivity index (χ0) is 13.1. The summed E-state index contributed by atoms with van der Waals surface area (Å²) in [6.07, 6.45) is 7.34. The molecule has 0 spiro atoms. The van der Waals surface area contributed by atoms with Gasteiger partial charge in [0, 0.05) is 29.0 Å². The molecule has 0 bridgehead atoms. The van der Waals surface area contributed by atoms with Gasteiger partial charge in [0.05, 0.1) is 6.04 Å². The van der Waals surface area contributed by atoms with E-state index in [-0.39, 0.29) is 12.1 Å². The number of halogens is 1. The average molecular weight is 312 g/mol. The van der Waals surface area contributed by atoms with Gasteiger partial charge in [0.25, 0.3) is 0 Å². The molecule has 2 unspecified atom stereocenters. The van der Waals surface area contributed by atoms with Crippen molar-refractivity contribution in [1.82, 2.24) is 9.88 Å². The van der Waals surface area contributed by atoms with Crippen molar-refractivity contribution in [1.29, 1.82) is 0 Å². The average Bonchev–Trinajstić information content (AvgIpc) is 2.51. The normalized spacial score (nSPS) is 26.3. The summed E-state index contributed by atoms with van der Waals surface area (Å²) in [7, 11) is 0. The Bertz CT molecular complexity index is 394. The van der Waals surface area contributed by atoms with Crippen molar-refractivity contribution in [3.8, 4) is 0 Å². The van der Waals surface area contributed by atoms with Gasteiger partial charge >= 0.3 is 0 Å². The molecule has 1 aliphatic rings. The van der Waals surface area contributed by atoms with E-state index in [2.05, 4.69) is 45.7 Å². The van der Waals surface area contributed by atoms with Crippen molar-refractivity contribution in [2.45, 2.75) is 51.2 Å². The number of hydrogen-bond acceptors (Lipinski definition) is 3. The Labute approximate surface area is 118 Å². The highest BCUT2D eigenvalue weighted by Gasteiger charge is 2.30. The molecule has 0 saturated carbocycles. The minimum absolute atomic E-state index is 0.200. The summed E-state index contributed by atoms with van der Waals surface area (Å²) in [6.45, 7) is 5.62. The van der Waals surface area contributed by atoms with Crippen molar-refractivity contribution in [3.05, 3.63) is 28.5 Å². The molecule has 100 valence electrons. The summed E-state index contributed by atoms with van der Waals surface area (Å²) >= 11 is 3.50. The van der Waals surface area contributed by atoms with Crippen LogP contribution >= 0.6 is 15.9 Å². The summed E-state index contributed by atoms with van der Waals surface area (Å²) in [4.78, 5) is 6.80. The smallest absolute Gasteiger partial charge is 0.0517 e. The van der Waals surface area contributed by atoms with E-state index in [0.29, 0.717) is 6.04 Å². The third-order valence-electron chi connectivity index (χ3n) is 3.70. The Balaban J connectivity index is 2.34. The van der Waals surface area contributed by atoms with Gasteiger partial charge in [-0.25, -0.2) is 0 Å². The van der Waals surface area contributed by atoms with Crippen LogP contribution in [0.15, 0.2) is 22.9 Å². The summed E-state index contributed by atoms with van der Waals surface area (Å²) in [6, 6.07) is 3.15. The fourth-order valence-corrected chi connectivity index (χ4v) is 3.21. The Morgan fingerprint density at radius 1 is 1.39 bits per heavy atom. The van der Waals surface area contributed by atoms with Gasteiger partial charge in [0.15, 0.2) is 0 Å². The molecular formula is C14H22BrN3. The molecule has 0 aliphatic carbocycles. The van der Waals surface area contributed by atoms with Crippen molar-refractivity contribution >= 4 is 15.9 Å². The summed E-state index contributed by atoms with van der Waals surface area (Å²) in [5.41, 5.74) is 7.63. The predicted molar refractivity (Wildman–Crippen MR) is 78.3 cm³/mol. The van der Waals surface area contributed by atoms with Crippen molar-refractivity contribution < 1.29 is 0 Å². The zero-order valence-electron chi connectivity index (χ0n) is 11.1. The van der Waals surface area contributed by atoms with Gasteiger partial charge in [-0.05, 0) is 60.8 Å². The minimum atomic E-state index is 0.200. The van der Waals surface area contributed by atoms with Crippen molar-refractivity contribution in [2.24, 2.45) is 5.73 Å². The molecule has 2 heterocycles. The number of likely N-dealkylation sites (tertiary alicyclic amines) is 1. The van der Waals surface area contributed by atoms with E-state index in [9.17, 15) is 0 Å². The van der Waals surface area contributed by atoms with Crippen LogP contribution in [0.4, 0.5) is 0 Å². The lowest BCUT2D eigenvalue weighted by Gasteiger charge is -2.36. The molecule has 1 fully saturated rings. The molecule has 1 aromatic heterocycles. The SMILES string of the molecule is CC(C)N1CCCCC(N)C1c1cncc(Br)c1. The van der Waals surface area contributed by atoms with Gasteiger partial charge in [-0.15, -0.1) is 0 Å². The van der Waals surface area contributed by atoms with Crippen LogP contribution < -0.4 is 5.73 Å². The Hall–Kier alpha value is -0.450. The van der Waals surface area contributed by atoms with E-state index in [0.717, 1.165) is 17.4 Å². The quantitative estimate of drug-likeness (QED) is 0.912. The first-order valence-corrected chi connectivity index (χ1v) is 7.50. The van der Waals surface area contributed by atoms with Gasteiger partial charge in [0.2, 0.25) is 0 Å². The molecule has 3 nitrogen and oxygen atoms in total. The van der Waals surface area contributed by atoms with Gasteiger partial charge in [0.1, 0.15) is 0 Å². The van der Waals surface area contributed by atoms with E-state index in [1.54, 1.807) is 0 Å². The number of nitrogens with zero attached hydrogens (tertiary/aromatic N) is 2. The maximum absolute atomic E-state index is 6.40. The lowest BCUT2D eigenvalue weighted by atomic mass is 9.97. The standard InChI is InChI=1S/C14H22BrN3/c1-10(2)18-6-4-3-5-13(16)14(18)11-7-12(15)9-17-8-11/h7-10,13-14H,3-6,16H2,1-2H3. The molecule has 4 heteroatoms. The van der Waals surface area contributed by atoms with Crippen LogP contribution in [-0.4, -0.2) is 28.5 Å². The topological polar surface area (TPSA) is 42.1 Å². The number of nitrogens with two attached hydrogens (primary N) is 1. The zero-order valence-corrected chi connectivity index (χ0v) is 12.7. The van der Waals surface area contributed by atoms with Crippen LogP contribution in [0.25, 0.3) is 0 Å². The minimum Gasteiger partial charge on any atom is -0.326 e. The molecule has 2 rings (SSSR count). The maximum Gasteiger partial charge on any atom is 0.0517 e. The van der Waals surface area contributed by atoms with Crippen LogP contribution in [0.5, 0.6) is 0 Å². The van der Waals surface area contributed by atoms with Crippen LogP contribution in [0.3, 0.4) is 0 Å². The molecule has 18 heavy (non-hydrogen) atoms. The predicted octanol–water partition coefficient (Wildman–Crippen LogP) is 3.11. The van der Waals surface area contributed by atoms with Gasteiger partial charge in [-0.3, -0.25) is 9.88 Å². The second-order valence-corrected chi connectivity index (χ2v) is 6.29. The molecular weight excluding hydrogens is 290 g/mol. The van der Waals surface area contributed by atoms with Gasteiger partial charge in [-0.2, -0.15) is 0 Å². The van der Waals surface area contributed by atoms with Crippen LogP contribution in [0.2, 0.25) is 0 Å². The number of aromatic nitrogens is 1. The monoisotopic (exact) mass is 311 g/mol. The van der Waals surface area contributed by atoms with E-state index in [1.165, 1.54) is 18.4 Å². The lowest BCUT2D eigenvalue weighted by Crippen LogP contribution is -2.43. The molecule has 2 atom stereocenters. The van der Waals surface area contributed by atoms with Gasteiger partial charge < -0.3 is 5.73 Å². The van der Waals surface area contributed by atoms with Crippen molar-refractivity contribution in [3.63, 3.8) is 0 Å². The number of rotatable bonds is 2. The molecule has 1 aliphatic heterocycles. The van der Waals surface area contributed by atoms with Crippen LogP contribution in [0, 0.1) is 0 Å².